The molecule has 0 spiro atoms. The van der Waals surface area contributed by atoms with Gasteiger partial charge in [0, 0.05) is 11.4 Å². The molecule has 1 aliphatic carbocycles. The van der Waals surface area contributed by atoms with E-state index < -0.39 is 0 Å². The summed E-state index contributed by atoms with van der Waals surface area (Å²) in [5.74, 6) is 0. The Morgan fingerprint density at radius 2 is 2.21 bits per heavy atom. The van der Waals surface area contributed by atoms with Crippen LogP contribution < -0.4 is 5.73 Å². The van der Waals surface area contributed by atoms with E-state index in [9.17, 15) is 0 Å². The normalized spacial score (nSPS) is 22.4. The molecule has 0 unspecified atom stereocenters. The summed E-state index contributed by atoms with van der Waals surface area (Å²) in [7, 11) is 0. The second kappa shape index (κ2) is 4.24. The third kappa shape index (κ3) is 2.42. The Balaban J connectivity index is 2.04. The van der Waals surface area contributed by atoms with Crippen molar-refractivity contribution in [1.29, 1.82) is 0 Å². The maximum absolute atomic E-state index is 5.85. The predicted octanol–water partition coefficient (Wildman–Crippen LogP) is 2.74. The molecule has 3 heteroatoms. The van der Waals surface area contributed by atoms with E-state index in [1.807, 2.05) is 6.92 Å². The van der Waals surface area contributed by atoms with Crippen LogP contribution in [0.15, 0.2) is 11.0 Å². The number of aryl methyl sites for hydroxylation is 1. The number of rotatable bonds is 1. The van der Waals surface area contributed by atoms with Crippen LogP contribution in [0.25, 0.3) is 6.08 Å². The van der Waals surface area contributed by atoms with Crippen LogP contribution in [0.1, 0.15) is 36.4 Å². The number of nitrogens with zero attached hydrogens (tertiary/aromatic N) is 1. The molecule has 76 valence electrons. The van der Waals surface area contributed by atoms with Gasteiger partial charge in [0.2, 0.25) is 0 Å². The second-order valence-electron chi connectivity index (χ2n) is 3.93. The number of hydrogen-bond acceptors (Lipinski definition) is 3. The van der Waals surface area contributed by atoms with Gasteiger partial charge in [-0.05, 0) is 38.7 Å². The van der Waals surface area contributed by atoms with Gasteiger partial charge in [-0.3, -0.25) is 0 Å². The van der Waals surface area contributed by atoms with Crippen molar-refractivity contribution < 1.29 is 0 Å². The Hall–Kier alpha value is -0.670. The summed E-state index contributed by atoms with van der Waals surface area (Å²) in [6.45, 7) is 2.05. The second-order valence-corrected chi connectivity index (χ2v) is 4.99. The van der Waals surface area contributed by atoms with Gasteiger partial charge in [-0.25, -0.2) is 4.98 Å². The van der Waals surface area contributed by atoms with Gasteiger partial charge in [-0.1, -0.05) is 5.57 Å². The van der Waals surface area contributed by atoms with Gasteiger partial charge in [-0.15, -0.1) is 11.3 Å². The van der Waals surface area contributed by atoms with Crippen molar-refractivity contribution in [2.45, 2.75) is 38.6 Å². The Morgan fingerprint density at radius 3 is 2.79 bits per heavy atom. The first-order chi connectivity index (χ1) is 6.74. The highest BCUT2D eigenvalue weighted by Gasteiger charge is 2.12. The summed E-state index contributed by atoms with van der Waals surface area (Å²) in [5.41, 5.74) is 8.49. The van der Waals surface area contributed by atoms with Crippen molar-refractivity contribution in [2.75, 3.05) is 0 Å². The van der Waals surface area contributed by atoms with Crippen LogP contribution in [0, 0.1) is 6.92 Å². The molecule has 1 heterocycles. The molecule has 0 atom stereocenters. The summed E-state index contributed by atoms with van der Waals surface area (Å²) >= 11 is 1.71. The molecule has 0 radical (unpaired) electrons. The van der Waals surface area contributed by atoms with Gasteiger partial charge in [0.25, 0.3) is 0 Å². The average Bonchev–Trinajstić information content (AvgIpc) is 2.56. The highest BCUT2D eigenvalue weighted by molar-refractivity contribution is 7.09. The predicted molar refractivity (Wildman–Crippen MR) is 61.3 cm³/mol. The van der Waals surface area contributed by atoms with Gasteiger partial charge in [-0.2, -0.15) is 0 Å². The standard InChI is InChI=1S/C11H16N2S/c1-8-13-11(7-14-8)6-9-2-4-10(12)5-3-9/h6-7,10H,2-5,12H2,1H3. The zero-order valence-electron chi connectivity index (χ0n) is 8.49. The van der Waals surface area contributed by atoms with E-state index in [1.165, 1.54) is 5.57 Å². The minimum atomic E-state index is 0.421. The van der Waals surface area contributed by atoms with E-state index in [0.717, 1.165) is 36.4 Å². The fourth-order valence-corrected chi connectivity index (χ4v) is 2.38. The maximum atomic E-state index is 5.85. The molecule has 0 saturated heterocycles. The van der Waals surface area contributed by atoms with Gasteiger partial charge >= 0.3 is 0 Å². The van der Waals surface area contributed by atoms with Crippen molar-refractivity contribution in [2.24, 2.45) is 5.73 Å². The lowest BCUT2D eigenvalue weighted by Gasteiger charge is -2.19. The fraction of sp³-hybridized carbons (Fsp3) is 0.545. The van der Waals surface area contributed by atoms with Crippen molar-refractivity contribution in [3.8, 4) is 0 Å². The number of thiazole rings is 1. The van der Waals surface area contributed by atoms with Gasteiger partial charge in [0.15, 0.2) is 0 Å². The molecule has 2 rings (SSSR count). The fourth-order valence-electron chi connectivity index (χ4n) is 1.81. The number of allylic oxidation sites excluding steroid dienone is 1. The first-order valence-electron chi connectivity index (χ1n) is 5.11. The molecule has 1 saturated carbocycles. The van der Waals surface area contributed by atoms with E-state index >= 15 is 0 Å². The third-order valence-corrected chi connectivity index (χ3v) is 3.45. The first-order valence-corrected chi connectivity index (χ1v) is 5.99. The Bertz CT molecular complexity index is 331. The molecule has 0 amide bonds. The lowest BCUT2D eigenvalue weighted by Crippen LogP contribution is -2.23. The quantitative estimate of drug-likeness (QED) is 0.770. The Morgan fingerprint density at radius 1 is 1.50 bits per heavy atom. The molecule has 0 aliphatic heterocycles. The smallest absolute Gasteiger partial charge is 0.0901 e. The SMILES string of the molecule is Cc1nc(C=C2CCC(N)CC2)cs1. The summed E-state index contributed by atoms with van der Waals surface area (Å²) in [6.07, 6.45) is 6.80. The van der Waals surface area contributed by atoms with Crippen LogP contribution >= 0.6 is 11.3 Å². The first kappa shape index (κ1) is 9.87. The highest BCUT2D eigenvalue weighted by Crippen LogP contribution is 2.24. The van der Waals surface area contributed by atoms with Crippen LogP contribution in [-0.2, 0) is 0 Å². The van der Waals surface area contributed by atoms with Gasteiger partial charge in [0.05, 0.1) is 10.7 Å². The molecular weight excluding hydrogens is 192 g/mol. The zero-order chi connectivity index (χ0) is 9.97. The van der Waals surface area contributed by atoms with Gasteiger partial charge < -0.3 is 5.73 Å². The molecule has 2 N–H and O–H groups in total. The van der Waals surface area contributed by atoms with E-state index in [4.69, 9.17) is 5.73 Å². The number of nitrogens with two attached hydrogens (primary N) is 1. The zero-order valence-corrected chi connectivity index (χ0v) is 9.31. The van der Waals surface area contributed by atoms with Crippen LogP contribution in [0.3, 0.4) is 0 Å². The van der Waals surface area contributed by atoms with Gasteiger partial charge in [0.1, 0.15) is 0 Å². The summed E-state index contributed by atoms with van der Waals surface area (Å²) in [4.78, 5) is 4.43. The topological polar surface area (TPSA) is 38.9 Å². The summed E-state index contributed by atoms with van der Waals surface area (Å²) in [6, 6.07) is 0.421. The van der Waals surface area contributed by atoms with Crippen LogP contribution in [0.2, 0.25) is 0 Å². The van der Waals surface area contributed by atoms with Crippen molar-refractivity contribution in [3.63, 3.8) is 0 Å². The Kier molecular flexibility index (Phi) is 2.99. The van der Waals surface area contributed by atoms with E-state index in [-0.39, 0.29) is 0 Å². The molecule has 1 aromatic heterocycles. The van der Waals surface area contributed by atoms with E-state index in [2.05, 4.69) is 16.4 Å². The molecule has 0 aromatic carbocycles. The lowest BCUT2D eigenvalue weighted by molar-refractivity contribution is 0.514. The largest absolute Gasteiger partial charge is 0.328 e. The summed E-state index contributed by atoms with van der Waals surface area (Å²) < 4.78 is 0. The van der Waals surface area contributed by atoms with Crippen LogP contribution in [0.5, 0.6) is 0 Å². The average molecular weight is 208 g/mol. The Labute approximate surface area is 88.9 Å². The third-order valence-electron chi connectivity index (χ3n) is 2.66. The molecule has 1 aromatic rings. The molecule has 1 fully saturated rings. The minimum Gasteiger partial charge on any atom is -0.328 e. The monoisotopic (exact) mass is 208 g/mol. The molecule has 1 aliphatic rings. The van der Waals surface area contributed by atoms with Crippen molar-refractivity contribution in [3.05, 3.63) is 21.7 Å². The number of hydrogen-bond donors (Lipinski definition) is 1. The van der Waals surface area contributed by atoms with E-state index in [1.54, 1.807) is 11.3 Å². The number of aromatic nitrogens is 1. The molecule has 0 bridgehead atoms. The highest BCUT2D eigenvalue weighted by atomic mass is 32.1. The molecular formula is C11H16N2S. The molecule has 14 heavy (non-hydrogen) atoms. The molecule has 2 nitrogen and oxygen atoms in total. The van der Waals surface area contributed by atoms with Crippen molar-refractivity contribution in [1.82, 2.24) is 4.98 Å². The van der Waals surface area contributed by atoms with Crippen LogP contribution in [0.4, 0.5) is 0 Å². The van der Waals surface area contributed by atoms with E-state index in [0.29, 0.717) is 6.04 Å². The van der Waals surface area contributed by atoms with Crippen molar-refractivity contribution >= 4 is 17.4 Å². The minimum absolute atomic E-state index is 0.421. The maximum Gasteiger partial charge on any atom is 0.0901 e. The summed E-state index contributed by atoms with van der Waals surface area (Å²) in [5, 5.41) is 3.26. The van der Waals surface area contributed by atoms with Crippen LogP contribution in [-0.4, -0.2) is 11.0 Å². The lowest BCUT2D eigenvalue weighted by atomic mass is 9.91.